The van der Waals surface area contributed by atoms with Gasteiger partial charge in [-0.25, -0.2) is 0 Å². The lowest BCUT2D eigenvalue weighted by Crippen LogP contribution is -1.93. The van der Waals surface area contributed by atoms with Crippen molar-refractivity contribution in [1.29, 1.82) is 0 Å². The zero-order chi connectivity index (χ0) is 10.4. The molecule has 0 saturated carbocycles. The first-order chi connectivity index (χ1) is 6.13. The van der Waals surface area contributed by atoms with Crippen LogP contribution in [0.5, 0.6) is 0 Å². The van der Waals surface area contributed by atoms with Gasteiger partial charge < -0.3 is 0 Å². The molecule has 0 aliphatic rings. The van der Waals surface area contributed by atoms with Crippen molar-refractivity contribution in [3.05, 3.63) is 34.9 Å². The molecule has 0 unspecified atom stereocenters. The maximum absolute atomic E-state index is 2.24. The predicted octanol–water partition coefficient (Wildman–Crippen LogP) is 5.09. The monoisotopic (exact) mass is 194 g/mol. The van der Waals surface area contributed by atoms with Gasteiger partial charge in [-0.1, -0.05) is 53.3 Å². The minimum atomic E-state index is 0. The first-order valence-corrected chi connectivity index (χ1v) is 5.19. The molecular formula is C14H26. The molecule has 1 aromatic carbocycles. The van der Waals surface area contributed by atoms with Crippen molar-refractivity contribution in [2.24, 2.45) is 0 Å². The number of rotatable bonds is 1. The zero-order valence-electron chi connectivity index (χ0n) is 9.81. The summed E-state index contributed by atoms with van der Waals surface area (Å²) in [5.41, 5.74) is 4.32. The Balaban J connectivity index is 0. The Bertz CT molecular complexity index is 246. The van der Waals surface area contributed by atoms with E-state index in [1.165, 1.54) is 16.7 Å². The summed E-state index contributed by atoms with van der Waals surface area (Å²) in [7, 11) is 0. The second-order valence-corrected chi connectivity index (χ2v) is 3.44. The summed E-state index contributed by atoms with van der Waals surface area (Å²) in [6.07, 6.45) is 0. The summed E-state index contributed by atoms with van der Waals surface area (Å²) in [6.45, 7) is 12.8. The van der Waals surface area contributed by atoms with E-state index in [9.17, 15) is 0 Å². The third-order valence-corrected chi connectivity index (χ3v) is 2.27. The molecule has 1 aromatic rings. The summed E-state index contributed by atoms with van der Waals surface area (Å²) in [5.74, 6) is 0.648. The molecule has 82 valence electrons. The van der Waals surface area contributed by atoms with Gasteiger partial charge in [-0.2, -0.15) is 0 Å². The van der Waals surface area contributed by atoms with Gasteiger partial charge in [-0.15, -0.1) is 0 Å². The minimum Gasteiger partial charge on any atom is -0.0776 e. The van der Waals surface area contributed by atoms with Crippen LogP contribution in [0.15, 0.2) is 18.2 Å². The van der Waals surface area contributed by atoms with Crippen LogP contribution in [0.1, 0.15) is 57.7 Å². The van der Waals surface area contributed by atoms with Gasteiger partial charge in [-0.05, 0) is 36.5 Å². The van der Waals surface area contributed by atoms with E-state index in [-0.39, 0.29) is 7.43 Å². The van der Waals surface area contributed by atoms with Crippen molar-refractivity contribution >= 4 is 0 Å². The fourth-order valence-corrected chi connectivity index (χ4v) is 1.40. The van der Waals surface area contributed by atoms with E-state index < -0.39 is 0 Å². The fraction of sp³-hybridized carbons (Fsp3) is 0.571. The van der Waals surface area contributed by atoms with Crippen LogP contribution in [-0.4, -0.2) is 0 Å². The first kappa shape index (κ1) is 15.7. The molecule has 0 heterocycles. The Morgan fingerprint density at radius 3 is 1.86 bits per heavy atom. The molecule has 0 fully saturated rings. The van der Waals surface area contributed by atoms with Gasteiger partial charge in [0.15, 0.2) is 0 Å². The van der Waals surface area contributed by atoms with Crippen LogP contribution < -0.4 is 0 Å². The Labute approximate surface area is 90.4 Å². The Morgan fingerprint density at radius 2 is 1.50 bits per heavy atom. The van der Waals surface area contributed by atoms with Gasteiger partial charge >= 0.3 is 0 Å². The SMILES string of the molecule is C.CC.Cc1cccc(C(C)C)c1C. The van der Waals surface area contributed by atoms with Crippen LogP contribution in [0.2, 0.25) is 0 Å². The summed E-state index contributed by atoms with van der Waals surface area (Å²) >= 11 is 0. The van der Waals surface area contributed by atoms with Crippen LogP contribution in [0, 0.1) is 13.8 Å². The van der Waals surface area contributed by atoms with Crippen LogP contribution >= 0.6 is 0 Å². The van der Waals surface area contributed by atoms with E-state index in [0.717, 1.165) is 0 Å². The normalized spacial score (nSPS) is 8.79. The summed E-state index contributed by atoms with van der Waals surface area (Å²) in [4.78, 5) is 0. The molecule has 0 aliphatic carbocycles. The van der Waals surface area contributed by atoms with E-state index in [0.29, 0.717) is 5.92 Å². The van der Waals surface area contributed by atoms with Gasteiger partial charge in [0.1, 0.15) is 0 Å². The molecule has 0 bridgehead atoms. The highest BCUT2D eigenvalue weighted by Gasteiger charge is 2.03. The lowest BCUT2D eigenvalue weighted by Gasteiger charge is -2.10. The predicted molar refractivity (Wildman–Crippen MR) is 68.1 cm³/mol. The molecule has 14 heavy (non-hydrogen) atoms. The largest absolute Gasteiger partial charge is 0.0776 e. The van der Waals surface area contributed by atoms with Crippen LogP contribution in [0.4, 0.5) is 0 Å². The van der Waals surface area contributed by atoms with Gasteiger partial charge in [-0.3, -0.25) is 0 Å². The molecule has 0 atom stereocenters. The standard InChI is InChI=1S/C11H16.C2H6.CH4/c1-8(2)11-7-5-6-9(3)10(11)4;1-2;/h5-8H,1-4H3;1-2H3;1H4. The van der Waals surface area contributed by atoms with Crippen molar-refractivity contribution in [2.75, 3.05) is 0 Å². The second-order valence-electron chi connectivity index (χ2n) is 3.44. The van der Waals surface area contributed by atoms with E-state index in [1.807, 2.05) is 13.8 Å². The lowest BCUT2D eigenvalue weighted by atomic mass is 9.95. The van der Waals surface area contributed by atoms with Crippen molar-refractivity contribution in [3.63, 3.8) is 0 Å². The van der Waals surface area contributed by atoms with Crippen LogP contribution in [-0.2, 0) is 0 Å². The number of aryl methyl sites for hydroxylation is 1. The van der Waals surface area contributed by atoms with Gasteiger partial charge in [0.05, 0.1) is 0 Å². The number of hydrogen-bond acceptors (Lipinski definition) is 0. The average molecular weight is 194 g/mol. The molecule has 1 rings (SSSR count). The Kier molecular flexibility index (Phi) is 8.52. The maximum atomic E-state index is 2.24. The smallest absolute Gasteiger partial charge is 0.0216 e. The summed E-state index contributed by atoms with van der Waals surface area (Å²) in [5, 5.41) is 0. The Morgan fingerprint density at radius 1 is 1.00 bits per heavy atom. The zero-order valence-corrected chi connectivity index (χ0v) is 9.81. The molecule has 0 amide bonds. The third kappa shape index (κ3) is 3.95. The topological polar surface area (TPSA) is 0 Å². The van der Waals surface area contributed by atoms with Gasteiger partial charge in [0, 0.05) is 0 Å². The second kappa shape index (κ2) is 7.61. The molecule has 0 aromatic heterocycles. The van der Waals surface area contributed by atoms with Crippen molar-refractivity contribution in [3.8, 4) is 0 Å². The highest BCUT2D eigenvalue weighted by Crippen LogP contribution is 2.20. The maximum Gasteiger partial charge on any atom is -0.0216 e. The molecule has 0 aliphatic heterocycles. The first-order valence-electron chi connectivity index (χ1n) is 5.19. The van der Waals surface area contributed by atoms with Crippen molar-refractivity contribution < 1.29 is 0 Å². The van der Waals surface area contributed by atoms with Gasteiger partial charge in [0.2, 0.25) is 0 Å². The molecular weight excluding hydrogens is 168 g/mol. The highest BCUT2D eigenvalue weighted by atomic mass is 14.1. The van der Waals surface area contributed by atoms with E-state index in [1.54, 1.807) is 0 Å². The highest BCUT2D eigenvalue weighted by molar-refractivity contribution is 5.34. The number of hydrogen-bond donors (Lipinski definition) is 0. The minimum absolute atomic E-state index is 0. The molecule has 0 saturated heterocycles. The van der Waals surface area contributed by atoms with E-state index in [4.69, 9.17) is 0 Å². The lowest BCUT2D eigenvalue weighted by molar-refractivity contribution is 0.854. The Hall–Kier alpha value is -0.780. The fourth-order valence-electron chi connectivity index (χ4n) is 1.40. The summed E-state index contributed by atoms with van der Waals surface area (Å²) in [6, 6.07) is 6.52. The average Bonchev–Trinajstić information content (AvgIpc) is 2.13. The molecule has 0 heteroatoms. The van der Waals surface area contributed by atoms with Gasteiger partial charge in [0.25, 0.3) is 0 Å². The van der Waals surface area contributed by atoms with Crippen molar-refractivity contribution in [2.45, 2.75) is 54.9 Å². The summed E-state index contributed by atoms with van der Waals surface area (Å²) < 4.78 is 0. The van der Waals surface area contributed by atoms with Crippen LogP contribution in [0.25, 0.3) is 0 Å². The van der Waals surface area contributed by atoms with E-state index in [2.05, 4.69) is 45.9 Å². The van der Waals surface area contributed by atoms with Crippen molar-refractivity contribution in [1.82, 2.24) is 0 Å². The number of benzene rings is 1. The van der Waals surface area contributed by atoms with Crippen LogP contribution in [0.3, 0.4) is 0 Å². The molecule has 0 nitrogen and oxygen atoms in total. The van der Waals surface area contributed by atoms with E-state index >= 15 is 0 Å². The third-order valence-electron chi connectivity index (χ3n) is 2.27. The molecule has 0 N–H and O–H groups in total. The quantitative estimate of drug-likeness (QED) is 0.584. The molecule has 0 radical (unpaired) electrons. The molecule has 0 spiro atoms.